The standard InChI is InChI=1S/C21H21ClN2O4/c1-3-28-19-16(22)6-4-7-17(19)23-18(25)8-5-11-24-20(26)14-10-9-13(2)12-15(14)21(24)27/h4,6-7,9-10,12H,3,5,8,11H2,1-2H3,(H,23,25). The molecule has 3 rings (SSSR count). The fraction of sp³-hybridized carbons (Fsp3) is 0.286. The van der Waals surface area contributed by atoms with E-state index in [1.807, 2.05) is 19.9 Å². The van der Waals surface area contributed by atoms with E-state index in [9.17, 15) is 14.4 Å². The highest BCUT2D eigenvalue weighted by atomic mass is 35.5. The Balaban J connectivity index is 1.58. The molecule has 0 fully saturated rings. The number of benzene rings is 2. The molecule has 28 heavy (non-hydrogen) atoms. The Hall–Kier alpha value is -2.86. The molecule has 0 bridgehead atoms. The lowest BCUT2D eigenvalue weighted by Gasteiger charge is -2.15. The highest BCUT2D eigenvalue weighted by molar-refractivity contribution is 6.32. The van der Waals surface area contributed by atoms with E-state index in [1.165, 1.54) is 4.90 Å². The SMILES string of the molecule is CCOc1c(Cl)cccc1NC(=O)CCCN1C(=O)c2ccc(C)cc2C1=O. The molecule has 0 saturated heterocycles. The molecule has 0 unspecified atom stereocenters. The molecule has 1 heterocycles. The van der Waals surface area contributed by atoms with Gasteiger partial charge >= 0.3 is 0 Å². The third-order valence-corrected chi connectivity index (χ3v) is 4.74. The van der Waals surface area contributed by atoms with Crippen molar-refractivity contribution in [3.63, 3.8) is 0 Å². The Bertz CT molecular complexity index is 942. The van der Waals surface area contributed by atoms with Gasteiger partial charge in [0, 0.05) is 13.0 Å². The van der Waals surface area contributed by atoms with E-state index < -0.39 is 0 Å². The normalized spacial score (nSPS) is 12.9. The minimum Gasteiger partial charge on any atom is -0.490 e. The first-order valence-corrected chi connectivity index (χ1v) is 9.48. The van der Waals surface area contributed by atoms with Crippen LogP contribution in [0.3, 0.4) is 0 Å². The summed E-state index contributed by atoms with van der Waals surface area (Å²) < 4.78 is 5.48. The fourth-order valence-electron chi connectivity index (χ4n) is 3.12. The molecular weight excluding hydrogens is 380 g/mol. The molecule has 0 aliphatic carbocycles. The van der Waals surface area contributed by atoms with E-state index in [1.54, 1.807) is 30.3 Å². The van der Waals surface area contributed by atoms with Crippen molar-refractivity contribution in [3.8, 4) is 5.75 Å². The molecule has 0 aromatic heterocycles. The van der Waals surface area contributed by atoms with Crippen LogP contribution in [0.1, 0.15) is 46.0 Å². The maximum atomic E-state index is 12.5. The molecule has 2 aromatic carbocycles. The van der Waals surface area contributed by atoms with Gasteiger partial charge in [-0.15, -0.1) is 0 Å². The largest absolute Gasteiger partial charge is 0.490 e. The van der Waals surface area contributed by atoms with Crippen LogP contribution in [0.2, 0.25) is 5.02 Å². The van der Waals surface area contributed by atoms with Crippen LogP contribution in [0.25, 0.3) is 0 Å². The topological polar surface area (TPSA) is 75.7 Å². The molecule has 0 radical (unpaired) electrons. The van der Waals surface area contributed by atoms with Gasteiger partial charge < -0.3 is 10.1 Å². The number of aryl methyl sites for hydroxylation is 1. The van der Waals surface area contributed by atoms with Gasteiger partial charge in [0.05, 0.1) is 28.4 Å². The van der Waals surface area contributed by atoms with Crippen LogP contribution in [-0.2, 0) is 4.79 Å². The number of carbonyl (C=O) groups is 3. The van der Waals surface area contributed by atoms with E-state index in [0.717, 1.165) is 5.56 Å². The number of carbonyl (C=O) groups excluding carboxylic acids is 3. The van der Waals surface area contributed by atoms with Crippen molar-refractivity contribution < 1.29 is 19.1 Å². The monoisotopic (exact) mass is 400 g/mol. The van der Waals surface area contributed by atoms with Crippen LogP contribution in [0.15, 0.2) is 36.4 Å². The fourth-order valence-corrected chi connectivity index (χ4v) is 3.35. The Morgan fingerprint density at radius 2 is 1.89 bits per heavy atom. The summed E-state index contributed by atoms with van der Waals surface area (Å²) in [5, 5.41) is 3.19. The summed E-state index contributed by atoms with van der Waals surface area (Å²) >= 11 is 6.11. The van der Waals surface area contributed by atoms with E-state index in [2.05, 4.69) is 5.32 Å². The molecule has 0 saturated carbocycles. The molecular formula is C21H21ClN2O4. The number of anilines is 1. The van der Waals surface area contributed by atoms with Crippen molar-refractivity contribution in [1.29, 1.82) is 0 Å². The van der Waals surface area contributed by atoms with Crippen molar-refractivity contribution >= 4 is 35.0 Å². The molecule has 0 spiro atoms. The molecule has 146 valence electrons. The van der Waals surface area contributed by atoms with Gasteiger partial charge in [-0.2, -0.15) is 0 Å². The van der Waals surface area contributed by atoms with Crippen LogP contribution in [0.4, 0.5) is 5.69 Å². The van der Waals surface area contributed by atoms with Gasteiger partial charge in [-0.3, -0.25) is 19.3 Å². The molecule has 1 aliphatic heterocycles. The highest BCUT2D eigenvalue weighted by Crippen LogP contribution is 2.33. The molecule has 6 nitrogen and oxygen atoms in total. The van der Waals surface area contributed by atoms with Crippen LogP contribution < -0.4 is 10.1 Å². The van der Waals surface area contributed by atoms with Crippen LogP contribution in [0, 0.1) is 6.92 Å². The lowest BCUT2D eigenvalue weighted by Crippen LogP contribution is -2.31. The summed E-state index contributed by atoms with van der Waals surface area (Å²) in [6.45, 7) is 4.31. The number of amides is 3. The third kappa shape index (κ3) is 4.02. The maximum absolute atomic E-state index is 12.5. The summed E-state index contributed by atoms with van der Waals surface area (Å²) in [4.78, 5) is 38.3. The van der Waals surface area contributed by atoms with Gasteiger partial charge in [-0.25, -0.2) is 0 Å². The number of fused-ring (bicyclic) bond motifs is 1. The summed E-state index contributed by atoms with van der Waals surface area (Å²) in [7, 11) is 0. The summed E-state index contributed by atoms with van der Waals surface area (Å²) in [6, 6.07) is 10.3. The number of para-hydroxylation sites is 1. The highest BCUT2D eigenvalue weighted by Gasteiger charge is 2.34. The first-order valence-electron chi connectivity index (χ1n) is 9.10. The Morgan fingerprint density at radius 1 is 1.14 bits per heavy atom. The minimum absolute atomic E-state index is 0.157. The molecule has 0 atom stereocenters. The summed E-state index contributed by atoms with van der Waals surface area (Å²) in [6.07, 6.45) is 0.519. The van der Waals surface area contributed by atoms with Gasteiger partial charge in [0.15, 0.2) is 5.75 Å². The van der Waals surface area contributed by atoms with Crippen molar-refractivity contribution in [1.82, 2.24) is 4.90 Å². The zero-order valence-corrected chi connectivity index (χ0v) is 16.5. The first-order chi connectivity index (χ1) is 13.4. The van der Waals surface area contributed by atoms with Crippen LogP contribution >= 0.6 is 11.6 Å². The lowest BCUT2D eigenvalue weighted by atomic mass is 10.1. The molecule has 3 amide bonds. The predicted octanol–water partition coefficient (Wildman–Crippen LogP) is 4.06. The molecule has 2 aromatic rings. The molecule has 1 aliphatic rings. The average Bonchev–Trinajstić information content (AvgIpc) is 2.89. The number of nitrogens with zero attached hydrogens (tertiary/aromatic N) is 1. The number of halogens is 1. The van der Waals surface area contributed by atoms with Crippen molar-refractivity contribution in [2.75, 3.05) is 18.5 Å². The number of imide groups is 1. The van der Waals surface area contributed by atoms with Crippen molar-refractivity contribution in [2.24, 2.45) is 0 Å². The molecule has 1 N–H and O–H groups in total. The smallest absolute Gasteiger partial charge is 0.261 e. The number of nitrogens with one attached hydrogen (secondary N) is 1. The van der Waals surface area contributed by atoms with E-state index in [0.29, 0.717) is 40.6 Å². The number of ether oxygens (including phenoxy) is 1. The van der Waals surface area contributed by atoms with Gasteiger partial charge in [-0.1, -0.05) is 29.3 Å². The van der Waals surface area contributed by atoms with Gasteiger partial charge in [0.2, 0.25) is 5.91 Å². The van der Waals surface area contributed by atoms with Gasteiger partial charge in [0.1, 0.15) is 0 Å². The van der Waals surface area contributed by atoms with Crippen molar-refractivity contribution in [2.45, 2.75) is 26.7 Å². The summed E-state index contributed by atoms with van der Waals surface area (Å²) in [5.41, 5.74) is 2.26. The van der Waals surface area contributed by atoms with E-state index >= 15 is 0 Å². The first kappa shape index (κ1) is 19.9. The zero-order chi connectivity index (χ0) is 20.3. The van der Waals surface area contributed by atoms with Gasteiger partial charge in [0.25, 0.3) is 11.8 Å². The number of hydrogen-bond acceptors (Lipinski definition) is 4. The zero-order valence-electron chi connectivity index (χ0n) is 15.8. The van der Waals surface area contributed by atoms with Crippen LogP contribution in [0.5, 0.6) is 5.75 Å². The number of rotatable bonds is 7. The third-order valence-electron chi connectivity index (χ3n) is 4.44. The number of hydrogen-bond donors (Lipinski definition) is 1. The second-order valence-electron chi connectivity index (χ2n) is 6.51. The van der Waals surface area contributed by atoms with E-state index in [4.69, 9.17) is 16.3 Å². The Labute approximate surface area is 168 Å². The van der Waals surface area contributed by atoms with Crippen LogP contribution in [-0.4, -0.2) is 35.8 Å². The minimum atomic E-state index is -0.311. The Kier molecular flexibility index (Phi) is 5.99. The summed E-state index contributed by atoms with van der Waals surface area (Å²) in [5.74, 6) is -0.433. The average molecular weight is 401 g/mol. The maximum Gasteiger partial charge on any atom is 0.261 e. The molecule has 7 heteroatoms. The predicted molar refractivity (Wildman–Crippen MR) is 107 cm³/mol. The van der Waals surface area contributed by atoms with E-state index in [-0.39, 0.29) is 30.7 Å². The van der Waals surface area contributed by atoms with Crippen molar-refractivity contribution in [3.05, 3.63) is 58.1 Å². The second-order valence-corrected chi connectivity index (χ2v) is 6.92. The Morgan fingerprint density at radius 3 is 2.64 bits per heavy atom. The second kappa shape index (κ2) is 8.44. The lowest BCUT2D eigenvalue weighted by molar-refractivity contribution is -0.116. The van der Waals surface area contributed by atoms with Gasteiger partial charge in [-0.05, 0) is 44.5 Å². The quantitative estimate of drug-likeness (QED) is 0.711.